The van der Waals surface area contributed by atoms with Gasteiger partial charge in [-0.3, -0.25) is 4.98 Å². The molecule has 1 saturated carbocycles. The summed E-state index contributed by atoms with van der Waals surface area (Å²) in [6, 6.07) is 4.63. The van der Waals surface area contributed by atoms with Gasteiger partial charge in [0.05, 0.1) is 11.4 Å². The Hall–Kier alpha value is -1.68. The van der Waals surface area contributed by atoms with Crippen LogP contribution in [0, 0.1) is 0 Å². The Bertz CT molecular complexity index is 555. The minimum absolute atomic E-state index is 0.465. The lowest BCUT2D eigenvalue weighted by Crippen LogP contribution is -2.22. The molecule has 1 fully saturated rings. The highest BCUT2D eigenvalue weighted by atomic mass is 15.3. The maximum Gasteiger partial charge on any atom is 0.0721 e. The van der Waals surface area contributed by atoms with Gasteiger partial charge in [0.25, 0.3) is 0 Å². The molecule has 0 bridgehead atoms. The largest absolute Gasteiger partial charge is 0.310 e. The SMILES string of the molecule is CC(C)NCc1cnccc1-n1ccc(C2CC2)n1. The van der Waals surface area contributed by atoms with Crippen molar-refractivity contribution in [1.82, 2.24) is 20.1 Å². The number of hydrogen-bond acceptors (Lipinski definition) is 3. The van der Waals surface area contributed by atoms with Crippen LogP contribution < -0.4 is 5.32 Å². The molecule has 0 unspecified atom stereocenters. The predicted octanol–water partition coefficient (Wildman–Crippen LogP) is 2.64. The van der Waals surface area contributed by atoms with E-state index in [9.17, 15) is 0 Å². The Balaban J connectivity index is 1.85. The molecule has 0 radical (unpaired) electrons. The molecule has 4 heteroatoms. The van der Waals surface area contributed by atoms with E-state index in [1.54, 1.807) is 0 Å². The van der Waals surface area contributed by atoms with E-state index in [0.29, 0.717) is 12.0 Å². The zero-order valence-corrected chi connectivity index (χ0v) is 11.5. The molecule has 100 valence electrons. The van der Waals surface area contributed by atoms with Gasteiger partial charge in [0.15, 0.2) is 0 Å². The zero-order valence-electron chi connectivity index (χ0n) is 11.5. The fourth-order valence-corrected chi connectivity index (χ4v) is 2.16. The third-order valence-corrected chi connectivity index (χ3v) is 3.43. The van der Waals surface area contributed by atoms with Gasteiger partial charge in [-0.15, -0.1) is 0 Å². The summed E-state index contributed by atoms with van der Waals surface area (Å²) in [7, 11) is 0. The van der Waals surface area contributed by atoms with Gasteiger partial charge < -0.3 is 5.32 Å². The van der Waals surface area contributed by atoms with Crippen LogP contribution in [0.15, 0.2) is 30.7 Å². The average molecular weight is 256 g/mol. The normalized spacial score (nSPS) is 15.1. The van der Waals surface area contributed by atoms with Crippen molar-refractivity contribution in [2.45, 2.75) is 45.2 Å². The monoisotopic (exact) mass is 256 g/mol. The minimum atomic E-state index is 0.465. The summed E-state index contributed by atoms with van der Waals surface area (Å²) in [5, 5.41) is 8.12. The maximum absolute atomic E-state index is 4.69. The molecule has 2 heterocycles. The first-order valence-electron chi connectivity index (χ1n) is 6.96. The lowest BCUT2D eigenvalue weighted by atomic mass is 10.2. The van der Waals surface area contributed by atoms with E-state index in [1.807, 2.05) is 23.1 Å². The number of pyridine rings is 1. The molecule has 0 aliphatic heterocycles. The van der Waals surface area contributed by atoms with Gasteiger partial charge in [-0.1, -0.05) is 13.8 Å². The van der Waals surface area contributed by atoms with Crippen molar-refractivity contribution in [3.63, 3.8) is 0 Å². The number of hydrogen-bond donors (Lipinski definition) is 1. The van der Waals surface area contributed by atoms with Crippen LogP contribution in [0.5, 0.6) is 0 Å². The fourth-order valence-electron chi connectivity index (χ4n) is 2.16. The summed E-state index contributed by atoms with van der Waals surface area (Å²) in [6.07, 6.45) is 8.38. The second-order valence-corrected chi connectivity index (χ2v) is 5.50. The molecular formula is C15H20N4. The molecular weight excluding hydrogens is 236 g/mol. The highest BCUT2D eigenvalue weighted by Crippen LogP contribution is 2.39. The third kappa shape index (κ3) is 2.84. The van der Waals surface area contributed by atoms with E-state index in [0.717, 1.165) is 12.2 Å². The number of rotatable bonds is 5. The van der Waals surface area contributed by atoms with Gasteiger partial charge in [0.1, 0.15) is 0 Å². The molecule has 0 spiro atoms. The van der Waals surface area contributed by atoms with Gasteiger partial charge >= 0.3 is 0 Å². The molecule has 1 aliphatic rings. The van der Waals surface area contributed by atoms with Crippen LogP contribution in [-0.4, -0.2) is 20.8 Å². The number of nitrogens with zero attached hydrogens (tertiary/aromatic N) is 3. The Kier molecular flexibility index (Phi) is 3.34. The molecule has 2 aromatic heterocycles. The average Bonchev–Trinajstić information content (AvgIpc) is 3.15. The van der Waals surface area contributed by atoms with Crippen molar-refractivity contribution >= 4 is 0 Å². The van der Waals surface area contributed by atoms with Crippen LogP contribution in [0.4, 0.5) is 0 Å². The van der Waals surface area contributed by atoms with E-state index in [4.69, 9.17) is 5.10 Å². The van der Waals surface area contributed by atoms with Crippen LogP contribution in [-0.2, 0) is 6.54 Å². The van der Waals surface area contributed by atoms with E-state index >= 15 is 0 Å². The third-order valence-electron chi connectivity index (χ3n) is 3.43. The Morgan fingerprint density at radius 2 is 2.21 bits per heavy atom. The van der Waals surface area contributed by atoms with Crippen LogP contribution in [0.3, 0.4) is 0 Å². The van der Waals surface area contributed by atoms with Crippen molar-refractivity contribution in [2.24, 2.45) is 0 Å². The number of nitrogens with one attached hydrogen (secondary N) is 1. The van der Waals surface area contributed by atoms with E-state index in [1.165, 1.54) is 24.1 Å². The van der Waals surface area contributed by atoms with Crippen LogP contribution in [0.2, 0.25) is 0 Å². The molecule has 19 heavy (non-hydrogen) atoms. The molecule has 1 aliphatic carbocycles. The topological polar surface area (TPSA) is 42.7 Å². The first-order chi connectivity index (χ1) is 9.24. The molecule has 4 nitrogen and oxygen atoms in total. The predicted molar refractivity (Wildman–Crippen MR) is 75.3 cm³/mol. The van der Waals surface area contributed by atoms with Crippen LogP contribution in [0.1, 0.15) is 43.9 Å². The van der Waals surface area contributed by atoms with Gasteiger partial charge in [-0.25, -0.2) is 4.68 Å². The van der Waals surface area contributed by atoms with Crippen LogP contribution >= 0.6 is 0 Å². The van der Waals surface area contributed by atoms with Crippen molar-refractivity contribution in [3.05, 3.63) is 42.0 Å². The van der Waals surface area contributed by atoms with Gasteiger partial charge in [0, 0.05) is 42.7 Å². The molecule has 0 atom stereocenters. The molecule has 3 rings (SSSR count). The fraction of sp³-hybridized carbons (Fsp3) is 0.467. The summed E-state index contributed by atoms with van der Waals surface area (Å²) in [5.41, 5.74) is 3.52. The first-order valence-corrected chi connectivity index (χ1v) is 6.96. The molecule has 0 amide bonds. The van der Waals surface area contributed by atoms with Crippen LogP contribution in [0.25, 0.3) is 5.69 Å². The van der Waals surface area contributed by atoms with Crippen molar-refractivity contribution in [3.8, 4) is 5.69 Å². The smallest absolute Gasteiger partial charge is 0.0721 e. The summed E-state index contributed by atoms with van der Waals surface area (Å²) in [4.78, 5) is 4.22. The lowest BCUT2D eigenvalue weighted by Gasteiger charge is -2.12. The quantitative estimate of drug-likeness (QED) is 0.894. The Labute approximate surface area is 113 Å². The summed E-state index contributed by atoms with van der Waals surface area (Å²) < 4.78 is 1.98. The summed E-state index contributed by atoms with van der Waals surface area (Å²) in [5.74, 6) is 0.695. The zero-order chi connectivity index (χ0) is 13.2. The minimum Gasteiger partial charge on any atom is -0.310 e. The number of aromatic nitrogens is 3. The van der Waals surface area contributed by atoms with Gasteiger partial charge in [0.2, 0.25) is 0 Å². The molecule has 2 aromatic rings. The van der Waals surface area contributed by atoms with E-state index < -0.39 is 0 Å². The lowest BCUT2D eigenvalue weighted by molar-refractivity contribution is 0.585. The van der Waals surface area contributed by atoms with Crippen molar-refractivity contribution in [1.29, 1.82) is 0 Å². The summed E-state index contributed by atoms with van der Waals surface area (Å²) in [6.45, 7) is 5.11. The Morgan fingerprint density at radius 3 is 2.95 bits per heavy atom. The van der Waals surface area contributed by atoms with Gasteiger partial charge in [-0.2, -0.15) is 5.10 Å². The second-order valence-electron chi connectivity index (χ2n) is 5.50. The molecule has 0 saturated heterocycles. The summed E-state index contributed by atoms with van der Waals surface area (Å²) >= 11 is 0. The van der Waals surface area contributed by atoms with E-state index in [2.05, 4.69) is 36.4 Å². The van der Waals surface area contributed by atoms with Crippen molar-refractivity contribution in [2.75, 3.05) is 0 Å². The van der Waals surface area contributed by atoms with Gasteiger partial charge in [-0.05, 0) is 25.0 Å². The Morgan fingerprint density at radius 1 is 1.37 bits per heavy atom. The molecule has 0 aromatic carbocycles. The highest BCUT2D eigenvalue weighted by Gasteiger charge is 2.26. The highest BCUT2D eigenvalue weighted by molar-refractivity contribution is 5.38. The maximum atomic E-state index is 4.69. The van der Waals surface area contributed by atoms with Crippen molar-refractivity contribution < 1.29 is 0 Å². The second kappa shape index (κ2) is 5.13. The van der Waals surface area contributed by atoms with E-state index in [-0.39, 0.29) is 0 Å². The molecule has 1 N–H and O–H groups in total. The standard InChI is InChI=1S/C15H20N4/c1-11(2)17-10-13-9-16-7-5-15(13)19-8-6-14(18-19)12-3-4-12/h5-9,11-12,17H,3-4,10H2,1-2H3. The first kappa shape index (κ1) is 12.4.